The van der Waals surface area contributed by atoms with Crippen LogP contribution in [0.1, 0.15) is 11.4 Å². The number of nitriles is 1. The number of rotatable bonds is 2. The molecular formula is C15H12BrN5. The number of nitrogens with two attached hydrogens (primary N) is 1. The molecule has 21 heavy (non-hydrogen) atoms. The number of benzene rings is 1. The largest absolute Gasteiger partial charge is 0.397 e. The third kappa shape index (κ3) is 2.16. The standard InChI is InChI=1S/C15H12BrN5/c1-9-10(18)8-19-15(14(9)16)21-12-5-3-2-4-11(12)20-13(21)6-7-17/h2-5,8H,6,18H2,1H3. The molecule has 6 heteroatoms. The lowest BCUT2D eigenvalue weighted by atomic mass is 10.2. The fourth-order valence-corrected chi connectivity index (χ4v) is 2.74. The first-order valence-electron chi connectivity index (χ1n) is 6.37. The summed E-state index contributed by atoms with van der Waals surface area (Å²) in [6.07, 6.45) is 1.84. The molecule has 0 saturated carbocycles. The van der Waals surface area contributed by atoms with Crippen molar-refractivity contribution < 1.29 is 0 Å². The lowest BCUT2D eigenvalue weighted by molar-refractivity contribution is 0.914. The normalized spacial score (nSPS) is 10.7. The highest BCUT2D eigenvalue weighted by Crippen LogP contribution is 2.30. The second-order valence-electron chi connectivity index (χ2n) is 4.66. The highest BCUT2D eigenvalue weighted by atomic mass is 79.9. The van der Waals surface area contributed by atoms with E-state index in [1.54, 1.807) is 6.20 Å². The molecule has 3 rings (SSSR count). The van der Waals surface area contributed by atoms with Gasteiger partial charge < -0.3 is 5.73 Å². The number of aromatic nitrogens is 3. The molecule has 0 atom stereocenters. The van der Waals surface area contributed by atoms with E-state index in [-0.39, 0.29) is 6.42 Å². The van der Waals surface area contributed by atoms with Crippen LogP contribution in [0.5, 0.6) is 0 Å². The van der Waals surface area contributed by atoms with Crippen LogP contribution in [0, 0.1) is 18.3 Å². The summed E-state index contributed by atoms with van der Waals surface area (Å²) in [5, 5.41) is 9.03. The smallest absolute Gasteiger partial charge is 0.153 e. The number of halogens is 1. The van der Waals surface area contributed by atoms with Crippen molar-refractivity contribution in [1.29, 1.82) is 5.26 Å². The van der Waals surface area contributed by atoms with Crippen LogP contribution in [0.15, 0.2) is 34.9 Å². The van der Waals surface area contributed by atoms with Gasteiger partial charge in [-0.15, -0.1) is 0 Å². The first kappa shape index (κ1) is 13.6. The first-order chi connectivity index (χ1) is 10.1. The molecule has 0 unspecified atom stereocenters. The lowest BCUT2D eigenvalue weighted by Crippen LogP contribution is -2.06. The van der Waals surface area contributed by atoms with Crippen molar-refractivity contribution in [2.24, 2.45) is 0 Å². The zero-order chi connectivity index (χ0) is 15.0. The predicted octanol–water partition coefficient (Wildman–Crippen LogP) is 3.14. The van der Waals surface area contributed by atoms with Crippen LogP contribution in [0.3, 0.4) is 0 Å². The minimum absolute atomic E-state index is 0.215. The van der Waals surface area contributed by atoms with Crippen LogP contribution in [-0.4, -0.2) is 14.5 Å². The monoisotopic (exact) mass is 341 g/mol. The average Bonchev–Trinajstić information content (AvgIpc) is 2.84. The highest BCUT2D eigenvalue weighted by Gasteiger charge is 2.17. The third-order valence-corrected chi connectivity index (χ3v) is 4.31. The van der Waals surface area contributed by atoms with Gasteiger partial charge in [-0.1, -0.05) is 12.1 Å². The molecule has 0 bridgehead atoms. The van der Waals surface area contributed by atoms with Gasteiger partial charge in [-0.2, -0.15) is 5.26 Å². The number of nitrogens with zero attached hydrogens (tertiary/aromatic N) is 4. The van der Waals surface area contributed by atoms with E-state index in [2.05, 4.69) is 32.0 Å². The average molecular weight is 342 g/mol. The second-order valence-corrected chi connectivity index (χ2v) is 5.46. The zero-order valence-corrected chi connectivity index (χ0v) is 12.9. The molecule has 1 aromatic carbocycles. The Morgan fingerprint density at radius 3 is 2.90 bits per heavy atom. The Balaban J connectivity index is 2.36. The summed E-state index contributed by atoms with van der Waals surface area (Å²) in [5.74, 6) is 1.36. The third-order valence-electron chi connectivity index (χ3n) is 3.36. The second kappa shape index (κ2) is 5.19. The van der Waals surface area contributed by atoms with Crippen LogP contribution in [0.25, 0.3) is 16.9 Å². The van der Waals surface area contributed by atoms with Crippen molar-refractivity contribution in [2.45, 2.75) is 13.3 Å². The molecule has 0 fully saturated rings. The Morgan fingerprint density at radius 1 is 1.38 bits per heavy atom. The maximum atomic E-state index is 9.03. The molecule has 3 aromatic rings. The van der Waals surface area contributed by atoms with E-state index < -0.39 is 0 Å². The van der Waals surface area contributed by atoms with E-state index in [4.69, 9.17) is 11.0 Å². The summed E-state index contributed by atoms with van der Waals surface area (Å²) in [4.78, 5) is 8.94. The minimum Gasteiger partial charge on any atom is -0.397 e. The number of pyridine rings is 1. The first-order valence-corrected chi connectivity index (χ1v) is 7.17. The van der Waals surface area contributed by atoms with Crippen molar-refractivity contribution in [3.8, 4) is 11.9 Å². The number of anilines is 1. The van der Waals surface area contributed by atoms with E-state index in [1.807, 2.05) is 35.8 Å². The van der Waals surface area contributed by atoms with E-state index in [0.717, 1.165) is 21.1 Å². The predicted molar refractivity (Wildman–Crippen MR) is 85.0 cm³/mol. The molecule has 2 N–H and O–H groups in total. The summed E-state index contributed by atoms with van der Waals surface area (Å²) < 4.78 is 2.71. The molecule has 0 radical (unpaired) electrons. The Bertz CT molecular complexity index is 876. The number of hydrogen-bond acceptors (Lipinski definition) is 4. The van der Waals surface area contributed by atoms with E-state index in [9.17, 15) is 0 Å². The summed E-state index contributed by atoms with van der Waals surface area (Å²) >= 11 is 3.55. The Kier molecular flexibility index (Phi) is 3.35. The Hall–Kier alpha value is -2.39. The van der Waals surface area contributed by atoms with Crippen LogP contribution in [-0.2, 0) is 6.42 Å². The maximum Gasteiger partial charge on any atom is 0.153 e. The Labute approximate surface area is 130 Å². The van der Waals surface area contributed by atoms with Gasteiger partial charge in [-0.05, 0) is 40.5 Å². The van der Waals surface area contributed by atoms with E-state index in [0.29, 0.717) is 17.3 Å². The molecule has 0 aliphatic carbocycles. The van der Waals surface area contributed by atoms with Gasteiger partial charge in [0.25, 0.3) is 0 Å². The molecule has 0 amide bonds. The van der Waals surface area contributed by atoms with Gasteiger partial charge >= 0.3 is 0 Å². The zero-order valence-electron chi connectivity index (χ0n) is 11.3. The molecular weight excluding hydrogens is 330 g/mol. The van der Waals surface area contributed by atoms with Crippen molar-refractivity contribution in [3.05, 3.63) is 46.3 Å². The van der Waals surface area contributed by atoms with E-state index in [1.165, 1.54) is 0 Å². The lowest BCUT2D eigenvalue weighted by Gasteiger charge is -2.12. The van der Waals surface area contributed by atoms with Crippen molar-refractivity contribution in [2.75, 3.05) is 5.73 Å². The highest BCUT2D eigenvalue weighted by molar-refractivity contribution is 9.10. The van der Waals surface area contributed by atoms with Gasteiger partial charge in [-0.3, -0.25) is 4.57 Å². The summed E-state index contributed by atoms with van der Waals surface area (Å²) in [6.45, 7) is 1.92. The topological polar surface area (TPSA) is 80.5 Å². The van der Waals surface area contributed by atoms with Crippen LogP contribution in [0.2, 0.25) is 0 Å². The van der Waals surface area contributed by atoms with Gasteiger partial charge in [0.15, 0.2) is 5.82 Å². The van der Waals surface area contributed by atoms with Crippen molar-refractivity contribution in [1.82, 2.24) is 14.5 Å². The number of nitrogen functional groups attached to an aromatic ring is 1. The van der Waals surface area contributed by atoms with Crippen LogP contribution >= 0.6 is 15.9 Å². The van der Waals surface area contributed by atoms with Gasteiger partial charge in [0.1, 0.15) is 5.82 Å². The van der Waals surface area contributed by atoms with Crippen LogP contribution < -0.4 is 5.73 Å². The van der Waals surface area contributed by atoms with Gasteiger partial charge in [0.2, 0.25) is 0 Å². The number of fused-ring (bicyclic) bond motifs is 1. The van der Waals surface area contributed by atoms with Gasteiger partial charge in [-0.25, -0.2) is 9.97 Å². The fraction of sp³-hybridized carbons (Fsp3) is 0.133. The van der Waals surface area contributed by atoms with Gasteiger partial charge in [0, 0.05) is 0 Å². The molecule has 0 aliphatic heterocycles. The number of hydrogen-bond donors (Lipinski definition) is 1. The van der Waals surface area contributed by atoms with Gasteiger partial charge in [0.05, 0.1) is 39.9 Å². The molecule has 104 valence electrons. The molecule has 2 heterocycles. The SMILES string of the molecule is Cc1c(N)cnc(-n2c(CC#N)nc3ccccc32)c1Br. The van der Waals surface area contributed by atoms with Crippen molar-refractivity contribution in [3.63, 3.8) is 0 Å². The molecule has 0 aliphatic rings. The molecule has 0 spiro atoms. The summed E-state index contributed by atoms with van der Waals surface area (Å²) in [5.41, 5.74) is 9.18. The molecule has 2 aromatic heterocycles. The maximum absolute atomic E-state index is 9.03. The van der Waals surface area contributed by atoms with Crippen LogP contribution in [0.4, 0.5) is 5.69 Å². The Morgan fingerprint density at radius 2 is 2.14 bits per heavy atom. The summed E-state index contributed by atoms with van der Waals surface area (Å²) in [7, 11) is 0. The van der Waals surface area contributed by atoms with E-state index >= 15 is 0 Å². The molecule has 5 nitrogen and oxygen atoms in total. The molecule has 0 saturated heterocycles. The van der Waals surface area contributed by atoms with Crippen molar-refractivity contribution >= 4 is 32.7 Å². The fourth-order valence-electron chi connectivity index (χ4n) is 2.24. The summed E-state index contributed by atoms with van der Waals surface area (Å²) in [6, 6.07) is 9.89. The minimum atomic E-state index is 0.215. The quantitative estimate of drug-likeness (QED) is 0.776. The number of para-hydroxylation sites is 2. The number of imidazole rings is 1.